The smallest absolute Gasteiger partial charge is 0.234 e. The molecule has 1 aromatic heterocycles. The summed E-state index contributed by atoms with van der Waals surface area (Å²) in [5, 5.41) is 12.4. The summed E-state index contributed by atoms with van der Waals surface area (Å²) < 4.78 is 21.2. The van der Waals surface area contributed by atoms with Crippen molar-refractivity contribution in [1.82, 2.24) is 14.8 Å². The summed E-state index contributed by atoms with van der Waals surface area (Å²) in [6.45, 7) is 7.58. The number of benzene rings is 2. The van der Waals surface area contributed by atoms with Crippen molar-refractivity contribution in [3.63, 3.8) is 0 Å². The van der Waals surface area contributed by atoms with Crippen LogP contribution in [-0.4, -0.2) is 39.1 Å². The normalized spacial score (nSPS) is 15.8. The Kier molecular flexibility index (Phi) is 7.45. The number of carbonyl (C=O) groups is 1. The molecule has 2 heterocycles. The van der Waals surface area contributed by atoms with E-state index in [0.29, 0.717) is 23.4 Å². The molecule has 6 nitrogen and oxygen atoms in total. The zero-order valence-electron chi connectivity index (χ0n) is 19.2. The van der Waals surface area contributed by atoms with Gasteiger partial charge in [0, 0.05) is 17.9 Å². The maximum Gasteiger partial charge on any atom is 0.234 e. The predicted molar refractivity (Wildman–Crippen MR) is 129 cm³/mol. The van der Waals surface area contributed by atoms with Crippen LogP contribution in [0.2, 0.25) is 0 Å². The minimum absolute atomic E-state index is 0.0777. The molecule has 0 aliphatic carbocycles. The Hall–Kier alpha value is -2.71. The van der Waals surface area contributed by atoms with E-state index in [1.54, 1.807) is 12.1 Å². The molecule has 1 N–H and O–H groups in total. The lowest BCUT2D eigenvalue weighted by molar-refractivity contribution is -0.113. The number of aromatic nitrogens is 3. The van der Waals surface area contributed by atoms with E-state index < -0.39 is 0 Å². The minimum Gasteiger partial charge on any atom is -0.376 e. The van der Waals surface area contributed by atoms with Crippen LogP contribution >= 0.6 is 11.8 Å². The second-order valence-corrected chi connectivity index (χ2v) is 9.53. The molecule has 1 unspecified atom stereocenters. The summed E-state index contributed by atoms with van der Waals surface area (Å²) >= 11 is 1.34. The molecule has 2 aromatic carbocycles. The van der Waals surface area contributed by atoms with Gasteiger partial charge >= 0.3 is 0 Å². The van der Waals surface area contributed by atoms with Crippen LogP contribution in [0, 0.1) is 12.7 Å². The number of nitrogens with one attached hydrogen (secondary N) is 1. The first-order chi connectivity index (χ1) is 15.9. The molecule has 1 amide bonds. The van der Waals surface area contributed by atoms with Crippen LogP contribution in [0.5, 0.6) is 0 Å². The third-order valence-electron chi connectivity index (χ3n) is 5.75. The molecular weight excluding hydrogens is 439 g/mol. The highest BCUT2D eigenvalue weighted by Gasteiger charge is 2.22. The Bertz CT molecular complexity index is 1110. The molecule has 0 radical (unpaired) electrons. The predicted octanol–water partition coefficient (Wildman–Crippen LogP) is 5.43. The molecule has 0 saturated carbocycles. The van der Waals surface area contributed by atoms with Crippen LogP contribution in [0.4, 0.5) is 10.1 Å². The summed E-state index contributed by atoms with van der Waals surface area (Å²) in [4.78, 5) is 12.8. The number of amides is 1. The molecular formula is C25H29FN4O2S. The van der Waals surface area contributed by atoms with Crippen molar-refractivity contribution < 1.29 is 13.9 Å². The summed E-state index contributed by atoms with van der Waals surface area (Å²) in [5.41, 5.74) is 3.82. The highest BCUT2D eigenvalue weighted by atomic mass is 32.2. The Morgan fingerprint density at radius 2 is 2.03 bits per heavy atom. The molecule has 4 rings (SSSR count). The summed E-state index contributed by atoms with van der Waals surface area (Å²) in [5.74, 6) is 0.771. The quantitative estimate of drug-likeness (QED) is 0.447. The second kappa shape index (κ2) is 10.5. The van der Waals surface area contributed by atoms with Crippen molar-refractivity contribution in [3.8, 4) is 11.4 Å². The molecule has 33 heavy (non-hydrogen) atoms. The summed E-state index contributed by atoms with van der Waals surface area (Å²) in [7, 11) is 0. The lowest BCUT2D eigenvalue weighted by atomic mass is 9.98. The Morgan fingerprint density at radius 3 is 2.73 bits per heavy atom. The third kappa shape index (κ3) is 5.62. The monoisotopic (exact) mass is 468 g/mol. The maximum atomic E-state index is 13.4. The van der Waals surface area contributed by atoms with Gasteiger partial charge in [0.05, 0.1) is 18.4 Å². The summed E-state index contributed by atoms with van der Waals surface area (Å²) in [6.07, 6.45) is 2.07. The molecule has 1 atom stereocenters. The topological polar surface area (TPSA) is 69.0 Å². The molecule has 0 bridgehead atoms. The fraction of sp³-hybridized carbons (Fsp3) is 0.400. The SMILES string of the molecule is Cc1cccc(C(C)C)c1NC(=O)CSc1nnc(-c2ccc(F)cc2)n1CC1CCCO1. The number of nitrogens with zero attached hydrogens (tertiary/aromatic N) is 3. The molecule has 174 valence electrons. The first-order valence-electron chi connectivity index (χ1n) is 11.2. The van der Waals surface area contributed by atoms with Gasteiger partial charge in [0.25, 0.3) is 0 Å². The van der Waals surface area contributed by atoms with Gasteiger partial charge in [0.2, 0.25) is 5.91 Å². The molecule has 0 spiro atoms. The van der Waals surface area contributed by atoms with Crippen molar-refractivity contribution in [2.24, 2.45) is 0 Å². The van der Waals surface area contributed by atoms with Gasteiger partial charge in [0.15, 0.2) is 11.0 Å². The average molecular weight is 469 g/mol. The van der Waals surface area contributed by atoms with Gasteiger partial charge in [0.1, 0.15) is 5.82 Å². The van der Waals surface area contributed by atoms with Gasteiger partial charge in [-0.15, -0.1) is 10.2 Å². The van der Waals surface area contributed by atoms with Crippen molar-refractivity contribution in [1.29, 1.82) is 0 Å². The van der Waals surface area contributed by atoms with E-state index in [4.69, 9.17) is 4.74 Å². The largest absolute Gasteiger partial charge is 0.376 e. The van der Waals surface area contributed by atoms with E-state index >= 15 is 0 Å². The average Bonchev–Trinajstić information content (AvgIpc) is 3.45. The lowest BCUT2D eigenvalue weighted by Gasteiger charge is -2.17. The number of carbonyl (C=O) groups excluding carboxylic acids is 1. The van der Waals surface area contributed by atoms with Crippen LogP contribution in [0.3, 0.4) is 0 Å². The minimum atomic E-state index is -0.299. The van der Waals surface area contributed by atoms with Crippen molar-refractivity contribution >= 4 is 23.4 Å². The number of hydrogen-bond acceptors (Lipinski definition) is 5. The standard InChI is InChI=1S/C25H29FN4O2S/c1-16(2)21-8-4-6-17(3)23(21)27-22(31)15-33-25-29-28-24(18-9-11-19(26)12-10-18)30(25)14-20-7-5-13-32-20/h4,6,8-12,16,20H,5,7,13-15H2,1-3H3,(H,27,31). The van der Waals surface area contributed by atoms with Gasteiger partial charge in [-0.3, -0.25) is 9.36 Å². The van der Waals surface area contributed by atoms with E-state index in [2.05, 4.69) is 29.4 Å². The van der Waals surface area contributed by atoms with Crippen LogP contribution < -0.4 is 5.32 Å². The molecule has 1 aliphatic heterocycles. The van der Waals surface area contributed by atoms with Gasteiger partial charge in [-0.2, -0.15) is 0 Å². The summed E-state index contributed by atoms with van der Waals surface area (Å²) in [6, 6.07) is 12.3. The Labute approximate surface area is 197 Å². The second-order valence-electron chi connectivity index (χ2n) is 8.59. The van der Waals surface area contributed by atoms with E-state index in [9.17, 15) is 9.18 Å². The number of halogens is 1. The number of para-hydroxylation sites is 1. The lowest BCUT2D eigenvalue weighted by Crippen LogP contribution is -2.19. The maximum absolute atomic E-state index is 13.4. The van der Waals surface area contributed by atoms with Gasteiger partial charge in [-0.25, -0.2) is 4.39 Å². The van der Waals surface area contributed by atoms with Gasteiger partial charge in [-0.05, 0) is 61.1 Å². The fourth-order valence-corrected chi connectivity index (χ4v) is 4.76. The highest BCUT2D eigenvalue weighted by molar-refractivity contribution is 7.99. The van der Waals surface area contributed by atoms with Crippen LogP contribution in [0.15, 0.2) is 47.6 Å². The van der Waals surface area contributed by atoms with Gasteiger partial charge < -0.3 is 10.1 Å². The van der Waals surface area contributed by atoms with Crippen LogP contribution in [0.1, 0.15) is 43.7 Å². The molecule has 8 heteroatoms. The third-order valence-corrected chi connectivity index (χ3v) is 6.72. The van der Waals surface area contributed by atoms with E-state index in [-0.39, 0.29) is 23.6 Å². The number of aryl methyl sites for hydroxylation is 1. The number of hydrogen-bond donors (Lipinski definition) is 1. The Morgan fingerprint density at radius 1 is 1.24 bits per heavy atom. The van der Waals surface area contributed by atoms with E-state index in [0.717, 1.165) is 41.8 Å². The molecule has 1 saturated heterocycles. The van der Waals surface area contributed by atoms with Crippen LogP contribution in [0.25, 0.3) is 11.4 Å². The van der Waals surface area contributed by atoms with Gasteiger partial charge in [-0.1, -0.05) is 43.8 Å². The van der Waals surface area contributed by atoms with Crippen molar-refractivity contribution in [2.45, 2.75) is 57.3 Å². The number of thioether (sulfide) groups is 1. The molecule has 1 fully saturated rings. The highest BCUT2D eigenvalue weighted by Crippen LogP contribution is 2.29. The van der Waals surface area contributed by atoms with Crippen molar-refractivity contribution in [2.75, 3.05) is 17.7 Å². The van der Waals surface area contributed by atoms with E-state index in [1.807, 2.05) is 29.7 Å². The zero-order valence-corrected chi connectivity index (χ0v) is 20.0. The number of anilines is 1. The number of ether oxygens (including phenoxy) is 1. The van der Waals surface area contributed by atoms with E-state index in [1.165, 1.54) is 23.9 Å². The number of rotatable bonds is 8. The molecule has 1 aliphatic rings. The van der Waals surface area contributed by atoms with Crippen molar-refractivity contribution in [3.05, 3.63) is 59.4 Å². The first kappa shape index (κ1) is 23.4. The zero-order chi connectivity index (χ0) is 23.4. The first-order valence-corrected chi connectivity index (χ1v) is 12.2. The Balaban J connectivity index is 1.52. The molecule has 3 aromatic rings. The van der Waals surface area contributed by atoms with Crippen LogP contribution in [-0.2, 0) is 16.1 Å². The fourth-order valence-electron chi connectivity index (χ4n) is 4.01.